The quantitative estimate of drug-likeness (QED) is 0.430. The van der Waals surface area contributed by atoms with Gasteiger partial charge in [-0.1, -0.05) is 54.4 Å². The molecule has 1 N–H and O–H groups in total. The molecular weight excluding hydrogens is 493 g/mol. The van der Waals surface area contributed by atoms with Crippen LogP contribution in [0.1, 0.15) is 30.0 Å². The second-order valence-corrected chi connectivity index (χ2v) is 10.7. The highest BCUT2D eigenvalue weighted by Crippen LogP contribution is 2.25. The third kappa shape index (κ3) is 6.74. The van der Waals surface area contributed by atoms with Crippen LogP contribution in [0.5, 0.6) is 0 Å². The smallest absolute Gasteiger partial charge is 0.264 e. The monoisotopic (exact) mass is 525 g/mol. The normalized spacial score (nSPS) is 12.0. The third-order valence-corrected chi connectivity index (χ3v) is 7.90. The SMILES string of the molecule is CC[C@@H](C(=O)NC)N(Cc1ccc(F)cc1)C(=O)CN(c1ccc(C)cc1)S(=O)(=O)c1ccc(C)cc1. The predicted molar refractivity (Wildman–Crippen MR) is 142 cm³/mol. The summed E-state index contributed by atoms with van der Waals surface area (Å²) in [6, 6.07) is 18.0. The number of anilines is 1. The van der Waals surface area contributed by atoms with E-state index in [-0.39, 0.29) is 17.3 Å². The molecule has 196 valence electrons. The van der Waals surface area contributed by atoms with Crippen molar-refractivity contribution >= 4 is 27.5 Å². The summed E-state index contributed by atoms with van der Waals surface area (Å²) < 4.78 is 42.0. The standard InChI is InChI=1S/C28H32FN3O4S/c1-5-26(28(34)30-4)31(18-22-10-12-23(29)13-11-22)27(33)19-32(24-14-6-20(2)7-15-24)37(35,36)25-16-8-21(3)9-17-25/h6-17,26H,5,18-19H2,1-4H3,(H,30,34)/t26-/m0/s1. The lowest BCUT2D eigenvalue weighted by atomic mass is 10.1. The second-order valence-electron chi connectivity index (χ2n) is 8.85. The summed E-state index contributed by atoms with van der Waals surface area (Å²) >= 11 is 0. The van der Waals surface area contributed by atoms with Gasteiger partial charge in [0.05, 0.1) is 10.6 Å². The van der Waals surface area contributed by atoms with E-state index in [1.54, 1.807) is 43.3 Å². The zero-order valence-electron chi connectivity index (χ0n) is 21.4. The van der Waals surface area contributed by atoms with Crippen LogP contribution in [0.25, 0.3) is 0 Å². The first-order valence-corrected chi connectivity index (χ1v) is 13.4. The number of carbonyl (C=O) groups is 2. The van der Waals surface area contributed by atoms with Gasteiger partial charge in [0.1, 0.15) is 18.4 Å². The molecule has 3 aromatic carbocycles. The molecule has 37 heavy (non-hydrogen) atoms. The van der Waals surface area contributed by atoms with Gasteiger partial charge in [-0.3, -0.25) is 13.9 Å². The van der Waals surface area contributed by atoms with E-state index >= 15 is 0 Å². The van der Waals surface area contributed by atoms with Crippen LogP contribution in [0, 0.1) is 19.7 Å². The molecule has 0 aliphatic rings. The van der Waals surface area contributed by atoms with Crippen LogP contribution >= 0.6 is 0 Å². The van der Waals surface area contributed by atoms with E-state index < -0.39 is 34.3 Å². The van der Waals surface area contributed by atoms with Crippen LogP contribution in [-0.2, 0) is 26.2 Å². The summed E-state index contributed by atoms with van der Waals surface area (Å²) in [5.74, 6) is -1.35. The molecule has 0 saturated carbocycles. The highest BCUT2D eigenvalue weighted by molar-refractivity contribution is 7.92. The second kappa shape index (κ2) is 12.0. The van der Waals surface area contributed by atoms with E-state index in [0.717, 1.165) is 15.4 Å². The average Bonchev–Trinajstić information content (AvgIpc) is 2.88. The molecule has 0 aliphatic carbocycles. The first-order chi connectivity index (χ1) is 17.6. The topological polar surface area (TPSA) is 86.8 Å². The molecule has 0 saturated heterocycles. The maximum Gasteiger partial charge on any atom is 0.264 e. The van der Waals surface area contributed by atoms with Gasteiger partial charge in [0.2, 0.25) is 11.8 Å². The zero-order chi connectivity index (χ0) is 27.2. The number of hydrogen-bond acceptors (Lipinski definition) is 4. The van der Waals surface area contributed by atoms with Crippen molar-refractivity contribution in [2.24, 2.45) is 0 Å². The summed E-state index contributed by atoms with van der Waals surface area (Å²) in [4.78, 5) is 27.9. The molecule has 0 bridgehead atoms. The number of amides is 2. The van der Waals surface area contributed by atoms with Crippen LogP contribution < -0.4 is 9.62 Å². The largest absolute Gasteiger partial charge is 0.357 e. The first kappa shape index (κ1) is 27.9. The van der Waals surface area contributed by atoms with Gasteiger partial charge in [-0.15, -0.1) is 0 Å². The molecule has 1 atom stereocenters. The fourth-order valence-corrected chi connectivity index (χ4v) is 5.36. The Morgan fingerprint density at radius 2 is 1.43 bits per heavy atom. The van der Waals surface area contributed by atoms with Crippen molar-refractivity contribution in [1.29, 1.82) is 0 Å². The van der Waals surface area contributed by atoms with E-state index in [4.69, 9.17) is 0 Å². The Morgan fingerprint density at radius 1 is 0.892 bits per heavy atom. The summed E-state index contributed by atoms with van der Waals surface area (Å²) in [5.41, 5.74) is 2.78. The zero-order valence-corrected chi connectivity index (χ0v) is 22.3. The highest BCUT2D eigenvalue weighted by atomic mass is 32.2. The van der Waals surface area contributed by atoms with E-state index in [1.807, 2.05) is 13.8 Å². The molecule has 3 rings (SSSR count). The Balaban J connectivity index is 2.04. The summed E-state index contributed by atoms with van der Waals surface area (Å²) in [7, 11) is -2.64. The molecule has 2 amide bonds. The van der Waals surface area contributed by atoms with E-state index in [0.29, 0.717) is 17.7 Å². The first-order valence-electron chi connectivity index (χ1n) is 12.0. The molecule has 7 nitrogen and oxygen atoms in total. The van der Waals surface area contributed by atoms with Crippen molar-refractivity contribution in [3.05, 3.63) is 95.3 Å². The van der Waals surface area contributed by atoms with Gasteiger partial charge < -0.3 is 10.2 Å². The Morgan fingerprint density at radius 3 is 1.95 bits per heavy atom. The van der Waals surface area contributed by atoms with Crippen LogP contribution in [0.15, 0.2) is 77.7 Å². The molecule has 0 unspecified atom stereocenters. The van der Waals surface area contributed by atoms with Gasteiger partial charge in [-0.2, -0.15) is 0 Å². The molecular formula is C28H32FN3O4S. The number of nitrogens with zero attached hydrogens (tertiary/aromatic N) is 2. The number of halogens is 1. The van der Waals surface area contributed by atoms with Crippen molar-refractivity contribution in [2.75, 3.05) is 17.9 Å². The van der Waals surface area contributed by atoms with Crippen molar-refractivity contribution < 1.29 is 22.4 Å². The van der Waals surface area contributed by atoms with E-state index in [1.165, 1.54) is 48.3 Å². The number of rotatable bonds is 10. The molecule has 0 spiro atoms. The minimum absolute atomic E-state index is 0.0113. The Kier molecular flexibility index (Phi) is 9.04. The number of benzene rings is 3. The van der Waals surface area contributed by atoms with Gasteiger partial charge in [-0.25, -0.2) is 12.8 Å². The summed E-state index contributed by atoms with van der Waals surface area (Å²) in [6.45, 7) is 5.00. The Hall–Kier alpha value is -3.72. The molecule has 3 aromatic rings. The Bertz CT molecular complexity index is 1330. The number of nitrogens with one attached hydrogen (secondary N) is 1. The molecule has 0 fully saturated rings. The maximum atomic E-state index is 13.8. The lowest BCUT2D eigenvalue weighted by molar-refractivity contribution is -0.140. The highest BCUT2D eigenvalue weighted by Gasteiger charge is 2.33. The van der Waals surface area contributed by atoms with Crippen LogP contribution in [0.4, 0.5) is 10.1 Å². The number of carbonyl (C=O) groups excluding carboxylic acids is 2. The maximum absolute atomic E-state index is 13.8. The van der Waals surface area contributed by atoms with Crippen molar-refractivity contribution in [3.8, 4) is 0 Å². The van der Waals surface area contributed by atoms with E-state index in [9.17, 15) is 22.4 Å². The molecule has 0 heterocycles. The summed E-state index contributed by atoms with van der Waals surface area (Å²) in [5, 5.41) is 2.57. The van der Waals surface area contributed by atoms with Crippen molar-refractivity contribution in [1.82, 2.24) is 10.2 Å². The molecule has 0 aliphatic heterocycles. The van der Waals surface area contributed by atoms with Crippen LogP contribution in [-0.4, -0.2) is 44.8 Å². The number of likely N-dealkylation sites (N-methyl/N-ethyl adjacent to an activating group) is 1. The fourth-order valence-electron chi connectivity index (χ4n) is 3.95. The van der Waals surface area contributed by atoms with Crippen LogP contribution in [0.3, 0.4) is 0 Å². The number of aryl methyl sites for hydroxylation is 2. The number of sulfonamides is 1. The predicted octanol–water partition coefficient (Wildman–Crippen LogP) is 4.19. The van der Waals surface area contributed by atoms with Crippen LogP contribution in [0.2, 0.25) is 0 Å². The molecule has 0 radical (unpaired) electrons. The van der Waals surface area contributed by atoms with Gasteiger partial charge in [0, 0.05) is 13.6 Å². The van der Waals surface area contributed by atoms with Gasteiger partial charge in [-0.05, 0) is 62.2 Å². The number of hydrogen-bond donors (Lipinski definition) is 1. The fraction of sp³-hybridized carbons (Fsp3) is 0.286. The Labute approximate surface area is 218 Å². The molecule has 9 heteroatoms. The summed E-state index contributed by atoms with van der Waals surface area (Å²) in [6.07, 6.45) is 0.307. The lowest BCUT2D eigenvalue weighted by Crippen LogP contribution is -2.51. The minimum Gasteiger partial charge on any atom is -0.357 e. The van der Waals surface area contributed by atoms with Crippen molar-refractivity contribution in [2.45, 2.75) is 44.7 Å². The third-order valence-electron chi connectivity index (χ3n) is 6.11. The van der Waals surface area contributed by atoms with Gasteiger partial charge in [0.15, 0.2) is 0 Å². The lowest BCUT2D eigenvalue weighted by Gasteiger charge is -2.33. The van der Waals surface area contributed by atoms with Crippen molar-refractivity contribution in [3.63, 3.8) is 0 Å². The van der Waals surface area contributed by atoms with Gasteiger partial charge in [0.25, 0.3) is 10.0 Å². The van der Waals surface area contributed by atoms with E-state index in [2.05, 4.69) is 5.32 Å². The molecule has 0 aromatic heterocycles. The van der Waals surface area contributed by atoms with Gasteiger partial charge >= 0.3 is 0 Å². The average molecular weight is 526 g/mol. The minimum atomic E-state index is -4.11.